The molecule has 0 aliphatic carbocycles. The Hall–Kier alpha value is -4.04. The number of halogens is 5. The number of hydrogen-bond donors (Lipinski definition) is 1. The van der Waals surface area contributed by atoms with E-state index in [0.717, 1.165) is 4.90 Å². The molecule has 196 valence electrons. The van der Waals surface area contributed by atoms with Gasteiger partial charge in [-0.1, -0.05) is 11.3 Å². The first-order valence-corrected chi connectivity index (χ1v) is 11.0. The molecule has 15 heteroatoms. The Bertz CT molecular complexity index is 1590. The van der Waals surface area contributed by atoms with Gasteiger partial charge in [-0.3, -0.25) is 4.79 Å². The summed E-state index contributed by atoms with van der Waals surface area (Å²) in [6.45, 7) is -0.914. The van der Waals surface area contributed by atoms with Crippen molar-refractivity contribution < 1.29 is 35.6 Å². The van der Waals surface area contributed by atoms with Crippen molar-refractivity contribution >= 4 is 28.4 Å². The Kier molecular flexibility index (Phi) is 5.02. The highest BCUT2D eigenvalue weighted by Gasteiger charge is 2.46. The molecule has 1 N–H and O–H groups in total. The first-order chi connectivity index (χ1) is 18.6. The minimum Gasteiger partial charge on any atom is -0.479 e. The van der Waals surface area contributed by atoms with Gasteiger partial charge in [0.2, 0.25) is 17.7 Å². The third kappa shape index (κ3) is 4.72. The Balaban J connectivity index is 1.55. The van der Waals surface area contributed by atoms with Gasteiger partial charge in [0, 0.05) is 25.2 Å². The van der Waals surface area contributed by atoms with Crippen LogP contribution in [0.15, 0.2) is 30.5 Å². The van der Waals surface area contributed by atoms with E-state index >= 15 is 0 Å². The maximum absolute atomic E-state index is 14.8. The van der Waals surface area contributed by atoms with Crippen molar-refractivity contribution in [2.45, 2.75) is 38.0 Å². The Morgan fingerprint density at radius 1 is 1.32 bits per heavy atom. The maximum atomic E-state index is 14.8. The maximum Gasteiger partial charge on any atom is 0.408 e. The van der Waals surface area contributed by atoms with Crippen LogP contribution < -0.4 is 10.1 Å². The second-order valence-corrected chi connectivity index (χ2v) is 8.62. The number of ether oxygens (including phenoxy) is 1. The molecule has 1 fully saturated rings. The number of amides is 1. The van der Waals surface area contributed by atoms with Crippen molar-refractivity contribution in [2.24, 2.45) is 0 Å². The predicted octanol–water partition coefficient (Wildman–Crippen LogP) is 3.38. The van der Waals surface area contributed by atoms with Crippen LogP contribution in [-0.2, 0) is 11.3 Å². The van der Waals surface area contributed by atoms with E-state index in [-0.39, 0.29) is 35.5 Å². The number of nitrogens with zero attached hydrogens (tertiary/aromatic N) is 7. The quantitative estimate of drug-likeness (QED) is 0.397. The highest BCUT2D eigenvalue weighted by atomic mass is 19.4. The van der Waals surface area contributed by atoms with Crippen molar-refractivity contribution in [3.63, 3.8) is 0 Å². The topological polar surface area (TPSA) is 102 Å². The van der Waals surface area contributed by atoms with Gasteiger partial charge in [0.25, 0.3) is 5.92 Å². The van der Waals surface area contributed by atoms with Gasteiger partial charge in [-0.05, 0) is 30.2 Å². The third-order valence-corrected chi connectivity index (χ3v) is 6.08. The van der Waals surface area contributed by atoms with Crippen molar-refractivity contribution in [1.29, 1.82) is 0 Å². The van der Waals surface area contributed by atoms with Crippen LogP contribution >= 0.6 is 0 Å². The average Bonchev–Trinajstić information content (AvgIpc) is 3.42. The molecule has 0 saturated carbocycles. The van der Waals surface area contributed by atoms with E-state index < -0.39 is 50.1 Å². The van der Waals surface area contributed by atoms with Gasteiger partial charge in [-0.15, -0.1) is 10.2 Å². The summed E-state index contributed by atoms with van der Waals surface area (Å²) in [5, 5.41) is 14.0. The number of nitrogens with one attached hydrogen (secondary N) is 1. The molecule has 0 bridgehead atoms. The van der Waals surface area contributed by atoms with Crippen molar-refractivity contribution in [3.05, 3.63) is 30.5 Å². The summed E-state index contributed by atoms with van der Waals surface area (Å²) in [6, 6.07) is 4.42. The van der Waals surface area contributed by atoms with Crippen molar-refractivity contribution in [2.75, 3.05) is 25.4 Å². The zero-order valence-corrected chi connectivity index (χ0v) is 19.1. The van der Waals surface area contributed by atoms with Crippen LogP contribution in [0.1, 0.15) is 17.5 Å². The fourth-order valence-electron chi connectivity index (χ4n) is 4.32. The second kappa shape index (κ2) is 8.81. The van der Waals surface area contributed by atoms with E-state index in [0.29, 0.717) is 15.8 Å². The number of likely N-dealkylation sites (tertiary alicyclic amines) is 1. The smallest absolute Gasteiger partial charge is 0.408 e. The molecule has 0 unspecified atom stereocenters. The SMILES string of the molecule is [2H]C([2H])([2H])Oc1nc(N[C@@H]2CCN(C(C)=O)CC2(F)F)nn2ccc(-c3ccc4nnn(CC(F)(F)F)c4c3)c12. The molecule has 5 rings (SSSR count). The summed E-state index contributed by atoms with van der Waals surface area (Å²) in [4.78, 5) is 16.6. The molecule has 1 aromatic carbocycles. The summed E-state index contributed by atoms with van der Waals surface area (Å²) >= 11 is 0. The number of carbonyl (C=O) groups excluding carboxylic acids is 1. The number of methoxy groups -OCH3 is 1. The molecular formula is C22H21F5N8O2. The fourth-order valence-corrected chi connectivity index (χ4v) is 4.32. The number of benzene rings is 1. The van der Waals surface area contributed by atoms with E-state index in [9.17, 15) is 26.7 Å². The Morgan fingerprint density at radius 2 is 2.14 bits per heavy atom. The molecule has 37 heavy (non-hydrogen) atoms. The zero-order valence-electron chi connectivity index (χ0n) is 22.1. The predicted molar refractivity (Wildman–Crippen MR) is 121 cm³/mol. The normalized spacial score (nSPS) is 19.5. The van der Waals surface area contributed by atoms with Crippen LogP contribution in [-0.4, -0.2) is 78.7 Å². The van der Waals surface area contributed by atoms with E-state index in [1.165, 1.54) is 35.8 Å². The summed E-state index contributed by atoms with van der Waals surface area (Å²) in [6.07, 6.45) is -3.27. The lowest BCUT2D eigenvalue weighted by Crippen LogP contribution is -2.55. The Labute approximate surface area is 210 Å². The largest absolute Gasteiger partial charge is 0.479 e. The van der Waals surface area contributed by atoms with E-state index in [4.69, 9.17) is 8.85 Å². The molecule has 1 amide bonds. The number of alkyl halides is 5. The monoisotopic (exact) mass is 527 g/mol. The molecule has 4 aromatic rings. The van der Waals surface area contributed by atoms with Crippen LogP contribution in [0.25, 0.3) is 27.7 Å². The summed E-state index contributed by atoms with van der Waals surface area (Å²) in [7, 11) is -2.98. The number of fused-ring (bicyclic) bond motifs is 2. The highest BCUT2D eigenvalue weighted by molar-refractivity contribution is 5.89. The number of hydrogen-bond acceptors (Lipinski definition) is 7. The van der Waals surface area contributed by atoms with Crippen LogP contribution in [0.3, 0.4) is 0 Å². The van der Waals surface area contributed by atoms with Crippen LogP contribution in [0.4, 0.5) is 27.9 Å². The molecule has 4 heterocycles. The van der Waals surface area contributed by atoms with E-state index in [2.05, 4.69) is 25.7 Å². The lowest BCUT2D eigenvalue weighted by molar-refractivity contribution is -0.142. The summed E-state index contributed by atoms with van der Waals surface area (Å²) < 4.78 is 98.2. The van der Waals surface area contributed by atoms with E-state index in [1.807, 2.05) is 0 Å². The first kappa shape index (κ1) is 21.1. The molecule has 1 aliphatic heterocycles. The van der Waals surface area contributed by atoms with Crippen LogP contribution in [0.5, 0.6) is 5.88 Å². The number of aromatic nitrogens is 6. The molecular weight excluding hydrogens is 503 g/mol. The number of carbonyl (C=O) groups is 1. The fraction of sp³-hybridized carbons (Fsp3) is 0.409. The lowest BCUT2D eigenvalue weighted by atomic mass is 10.0. The van der Waals surface area contributed by atoms with Gasteiger partial charge in [0.15, 0.2) is 0 Å². The van der Waals surface area contributed by atoms with Gasteiger partial charge in [0.05, 0.1) is 29.3 Å². The summed E-state index contributed by atoms with van der Waals surface area (Å²) in [5.41, 5.74) is 0.964. The summed E-state index contributed by atoms with van der Waals surface area (Å²) in [5.74, 6) is -4.64. The van der Waals surface area contributed by atoms with Gasteiger partial charge in [-0.2, -0.15) is 18.2 Å². The number of piperidine rings is 1. The number of rotatable bonds is 5. The highest BCUT2D eigenvalue weighted by Crippen LogP contribution is 2.34. The molecule has 3 aromatic heterocycles. The van der Waals surface area contributed by atoms with Crippen LogP contribution in [0, 0.1) is 0 Å². The van der Waals surface area contributed by atoms with Gasteiger partial charge in [0.1, 0.15) is 17.6 Å². The zero-order chi connectivity index (χ0) is 29.0. The minimum atomic E-state index is -4.54. The van der Waals surface area contributed by atoms with Gasteiger partial charge < -0.3 is 15.0 Å². The Morgan fingerprint density at radius 3 is 2.84 bits per heavy atom. The van der Waals surface area contributed by atoms with Crippen molar-refractivity contribution in [1.82, 2.24) is 34.5 Å². The molecule has 1 aliphatic rings. The minimum absolute atomic E-state index is 0.0361. The lowest BCUT2D eigenvalue weighted by Gasteiger charge is -2.38. The number of anilines is 1. The average molecular weight is 527 g/mol. The molecule has 10 nitrogen and oxygen atoms in total. The third-order valence-electron chi connectivity index (χ3n) is 6.08. The molecule has 1 saturated heterocycles. The first-order valence-electron chi connectivity index (χ1n) is 12.5. The molecule has 1 atom stereocenters. The van der Waals surface area contributed by atoms with E-state index in [1.54, 1.807) is 6.07 Å². The molecule has 0 spiro atoms. The standard InChI is InChI=1S/C22H21F5N8O2/c1-12(36)33-7-6-17(21(23,24)10-33)28-20-29-19(37-2)18-14(5-8-34(18)31-20)13-3-4-15-16(9-13)35(32-30-15)11-22(25,26)27/h3-5,8-9,17H,6-7,10-11H2,1-2H3,(H,28,31)/t17-/m1/s1/i2D3. The van der Waals surface area contributed by atoms with Gasteiger partial charge >= 0.3 is 6.18 Å². The van der Waals surface area contributed by atoms with Crippen molar-refractivity contribution in [3.8, 4) is 17.0 Å². The second-order valence-electron chi connectivity index (χ2n) is 8.62. The van der Waals surface area contributed by atoms with Gasteiger partial charge in [-0.25, -0.2) is 18.0 Å². The van der Waals surface area contributed by atoms with Crippen LogP contribution in [0.2, 0.25) is 0 Å². The molecule has 0 radical (unpaired) electrons.